The number of aliphatic hydroxyl groups is 1. The van der Waals surface area contributed by atoms with Crippen molar-refractivity contribution < 1.29 is 25.4 Å². The minimum Gasteiger partial charge on any atom is -1.00 e. The van der Waals surface area contributed by atoms with Crippen LogP contribution in [0.1, 0.15) is 1.43 Å². The molecule has 3 heteroatoms. The van der Waals surface area contributed by atoms with Gasteiger partial charge in [0.25, 0.3) is 0 Å². The van der Waals surface area contributed by atoms with Crippen LogP contribution in [0.15, 0.2) is 0 Å². The molecule has 0 rings (SSSR count). The number of rotatable bonds is 1. The molecule has 0 bridgehead atoms. The van der Waals surface area contributed by atoms with E-state index in [0.29, 0.717) is 0 Å². The van der Waals surface area contributed by atoms with Gasteiger partial charge in [-0.1, -0.05) is 12.2 Å². The largest absolute Gasteiger partial charge is 1.00 e. The van der Waals surface area contributed by atoms with E-state index in [1.54, 1.807) is 0 Å². The average molecular weight is 84.1 g/mol. The molecule has 0 aliphatic heterocycles. The molecule has 26 valence electrons. The van der Waals surface area contributed by atoms with E-state index in [-0.39, 0.29) is 26.9 Å². The fourth-order valence-electron chi connectivity index (χ4n) is 0. The first-order chi connectivity index (χ1) is 1.91. The van der Waals surface area contributed by atoms with Crippen molar-refractivity contribution in [3.05, 3.63) is 0 Å². The fourth-order valence-corrected chi connectivity index (χ4v) is 0. The first-order valence-electron chi connectivity index (χ1n) is 0.960. The summed E-state index contributed by atoms with van der Waals surface area (Å²) in [4.78, 5) is 0. The molecule has 5 heavy (non-hydrogen) atoms. The van der Waals surface area contributed by atoms with Crippen LogP contribution in [0.2, 0.25) is 0 Å². The van der Waals surface area contributed by atoms with Crippen molar-refractivity contribution in [3.63, 3.8) is 0 Å². The zero-order valence-electron chi connectivity index (χ0n) is 4.14. The van der Waals surface area contributed by atoms with Crippen molar-refractivity contribution in [2.75, 3.05) is 6.61 Å². The summed E-state index contributed by atoms with van der Waals surface area (Å²) in [5.74, 6) is 0. The Morgan fingerprint density at radius 1 is 2.00 bits per heavy atom. The molecular weight excluding hydrogens is 79.0 g/mol. The monoisotopic (exact) mass is 84.0 g/mol. The smallest absolute Gasteiger partial charge is 1.00 e. The predicted molar refractivity (Wildman–Crippen MR) is 21.9 cm³/mol. The summed E-state index contributed by atoms with van der Waals surface area (Å²) < 4.78 is 0. The Morgan fingerprint density at radius 2 is 2.20 bits per heavy atom. The quantitative estimate of drug-likeness (QED) is 0.271. The van der Waals surface area contributed by atoms with Crippen LogP contribution < -0.4 is 18.9 Å². The molecule has 0 aromatic rings. The van der Waals surface area contributed by atoms with Gasteiger partial charge in [0, 0.05) is 5.37 Å². The molecule has 0 aliphatic carbocycles. The van der Waals surface area contributed by atoms with Crippen molar-refractivity contribution in [2.45, 2.75) is 0 Å². The van der Waals surface area contributed by atoms with Gasteiger partial charge < -0.3 is 6.53 Å². The fraction of sp³-hybridized carbons (Fsp3) is 0.500. The average Bonchev–Trinajstić information content (AvgIpc) is 1.37. The minimum atomic E-state index is 0. The summed E-state index contributed by atoms with van der Waals surface area (Å²) in [5, 5.41) is 8.98. The molecule has 0 saturated heterocycles. The van der Waals surface area contributed by atoms with Crippen LogP contribution in [0.3, 0.4) is 0 Å². The predicted octanol–water partition coefficient (Wildman–Crippen LogP) is -2.91. The third-order valence-corrected chi connectivity index (χ3v) is 0.224. The third kappa shape index (κ3) is 12.0. The maximum atomic E-state index is 7.72. The number of thiocarbonyl (C=S) groups is 1. The Hall–Kier alpha value is 0.647. The summed E-state index contributed by atoms with van der Waals surface area (Å²) in [5.41, 5.74) is 0. The maximum absolute atomic E-state index is 7.72. The van der Waals surface area contributed by atoms with Gasteiger partial charge in [-0.25, -0.2) is 0 Å². The molecule has 0 atom stereocenters. The van der Waals surface area contributed by atoms with Crippen molar-refractivity contribution in [1.82, 2.24) is 0 Å². The van der Waals surface area contributed by atoms with E-state index in [1.807, 2.05) is 0 Å². The Labute approximate surface area is 50.0 Å². The van der Waals surface area contributed by atoms with Crippen LogP contribution in [0.4, 0.5) is 0 Å². The number of hydrogen-bond donors (Lipinski definition) is 1. The van der Waals surface area contributed by atoms with Gasteiger partial charge in [0.1, 0.15) is 0 Å². The Balaban J connectivity index is -0.0000000450. The normalized spacial score (nSPS) is 5.00. The zero-order valence-corrected chi connectivity index (χ0v) is 3.96. The van der Waals surface area contributed by atoms with Crippen LogP contribution in [0.5, 0.6) is 0 Å². The van der Waals surface area contributed by atoms with E-state index in [9.17, 15) is 0 Å². The van der Waals surface area contributed by atoms with E-state index < -0.39 is 0 Å². The topological polar surface area (TPSA) is 20.2 Å². The summed E-state index contributed by atoms with van der Waals surface area (Å²) in [6.45, 7) is 0.00926. The van der Waals surface area contributed by atoms with Crippen molar-refractivity contribution >= 4 is 17.6 Å². The zero-order chi connectivity index (χ0) is 3.41. The molecule has 0 aliphatic rings. The Bertz CT molecular complexity index is 27.5. The van der Waals surface area contributed by atoms with Crippen LogP contribution in [0.25, 0.3) is 0 Å². The van der Waals surface area contributed by atoms with Crippen LogP contribution in [-0.2, 0) is 0 Å². The van der Waals surface area contributed by atoms with E-state index in [1.165, 1.54) is 5.37 Å². The third-order valence-electron chi connectivity index (χ3n) is 0.0745. The molecule has 1 nitrogen and oxygen atoms in total. The molecule has 0 radical (unpaired) electrons. The second-order valence-electron chi connectivity index (χ2n) is 0.349. The molecular formula is C2H5LiOS. The molecule has 0 aromatic heterocycles. The van der Waals surface area contributed by atoms with Crippen LogP contribution in [0, 0.1) is 0 Å². The van der Waals surface area contributed by atoms with Crippen LogP contribution in [-0.4, -0.2) is 17.1 Å². The van der Waals surface area contributed by atoms with Gasteiger partial charge in [0.2, 0.25) is 0 Å². The van der Waals surface area contributed by atoms with Gasteiger partial charge >= 0.3 is 18.9 Å². The van der Waals surface area contributed by atoms with Gasteiger partial charge in [0.05, 0.1) is 6.61 Å². The van der Waals surface area contributed by atoms with Gasteiger partial charge in [0.15, 0.2) is 0 Å². The van der Waals surface area contributed by atoms with Crippen molar-refractivity contribution in [1.29, 1.82) is 0 Å². The van der Waals surface area contributed by atoms with Gasteiger partial charge in [-0.2, -0.15) is 0 Å². The van der Waals surface area contributed by atoms with Crippen molar-refractivity contribution in [3.8, 4) is 0 Å². The maximum Gasteiger partial charge on any atom is 1.00 e. The molecule has 0 spiro atoms. The Morgan fingerprint density at radius 3 is 2.20 bits per heavy atom. The van der Waals surface area contributed by atoms with Crippen LogP contribution >= 0.6 is 12.2 Å². The summed E-state index contributed by atoms with van der Waals surface area (Å²) in [7, 11) is 0. The second-order valence-corrected chi connectivity index (χ2v) is 0.683. The summed E-state index contributed by atoms with van der Waals surface area (Å²) in [6, 6.07) is 0. The first kappa shape index (κ1) is 9.17. The molecule has 0 fully saturated rings. The SMILES string of the molecule is OCC=S.[H-].[Li+]. The summed E-state index contributed by atoms with van der Waals surface area (Å²) in [6.07, 6.45) is 0. The van der Waals surface area contributed by atoms with Gasteiger partial charge in [-0.15, -0.1) is 0 Å². The molecule has 0 unspecified atom stereocenters. The molecule has 1 N–H and O–H groups in total. The van der Waals surface area contributed by atoms with E-state index in [2.05, 4.69) is 12.2 Å². The van der Waals surface area contributed by atoms with Gasteiger partial charge in [-0.05, 0) is 0 Å². The second kappa shape index (κ2) is 8.82. The van der Waals surface area contributed by atoms with E-state index in [0.717, 1.165) is 0 Å². The summed E-state index contributed by atoms with van der Waals surface area (Å²) >= 11 is 4.18. The Kier molecular flexibility index (Phi) is 16.2. The standard InChI is InChI=1S/C2H4OS.Li.H/c3-1-2-4;;/h2-3H,1H2;;/q;+1;-1. The first-order valence-corrected chi connectivity index (χ1v) is 1.43. The van der Waals surface area contributed by atoms with E-state index >= 15 is 0 Å². The molecule has 0 saturated carbocycles. The van der Waals surface area contributed by atoms with E-state index in [4.69, 9.17) is 5.11 Å². The molecule has 0 aromatic carbocycles. The number of hydrogen-bond acceptors (Lipinski definition) is 2. The molecule has 0 heterocycles. The number of aliphatic hydroxyl groups excluding tert-OH is 1. The molecule has 0 amide bonds. The van der Waals surface area contributed by atoms with Crippen molar-refractivity contribution in [2.24, 2.45) is 0 Å². The minimum absolute atomic E-state index is 0. The van der Waals surface area contributed by atoms with Gasteiger partial charge in [-0.3, -0.25) is 0 Å².